The van der Waals surface area contributed by atoms with Gasteiger partial charge in [-0.1, -0.05) is 6.07 Å². The lowest BCUT2D eigenvalue weighted by molar-refractivity contribution is 0.410. The SMILES string of the molecule is CNC1c2cc(OC)ccc2CCC1S(=O)(=O)C(C)C. The summed E-state index contributed by atoms with van der Waals surface area (Å²) in [5, 5.41) is 2.47. The fourth-order valence-electron chi connectivity index (χ4n) is 2.93. The molecule has 2 rings (SSSR count). The molecule has 0 radical (unpaired) electrons. The largest absolute Gasteiger partial charge is 0.497 e. The Morgan fingerprint density at radius 3 is 2.60 bits per heavy atom. The molecule has 5 heteroatoms. The summed E-state index contributed by atoms with van der Waals surface area (Å²) in [6.07, 6.45) is 1.47. The van der Waals surface area contributed by atoms with Crippen LogP contribution < -0.4 is 10.1 Å². The van der Waals surface area contributed by atoms with Crippen molar-refractivity contribution in [3.63, 3.8) is 0 Å². The summed E-state index contributed by atoms with van der Waals surface area (Å²) in [6, 6.07) is 5.76. The van der Waals surface area contributed by atoms with Gasteiger partial charge in [-0.25, -0.2) is 8.42 Å². The second-order valence-corrected chi connectivity index (χ2v) is 8.27. The molecule has 1 aromatic rings. The van der Waals surface area contributed by atoms with Crippen LogP contribution in [0.15, 0.2) is 18.2 Å². The van der Waals surface area contributed by atoms with Gasteiger partial charge in [-0.05, 0) is 57.0 Å². The molecule has 0 fully saturated rings. The molecule has 0 aromatic heterocycles. The standard InChI is InChI=1S/C15H23NO3S/c1-10(2)20(17,18)14-8-6-11-5-7-12(19-4)9-13(11)15(14)16-3/h5,7,9-10,14-16H,6,8H2,1-4H3. The van der Waals surface area contributed by atoms with Crippen LogP contribution >= 0.6 is 0 Å². The molecule has 4 nitrogen and oxygen atoms in total. The predicted molar refractivity (Wildman–Crippen MR) is 81.0 cm³/mol. The van der Waals surface area contributed by atoms with Gasteiger partial charge in [0.1, 0.15) is 5.75 Å². The van der Waals surface area contributed by atoms with Gasteiger partial charge in [0, 0.05) is 6.04 Å². The highest BCUT2D eigenvalue weighted by atomic mass is 32.2. The highest BCUT2D eigenvalue weighted by Crippen LogP contribution is 2.36. The van der Waals surface area contributed by atoms with Crippen LogP contribution in [0, 0.1) is 0 Å². The Balaban J connectivity index is 2.47. The fraction of sp³-hybridized carbons (Fsp3) is 0.600. The van der Waals surface area contributed by atoms with Crippen LogP contribution in [-0.2, 0) is 16.3 Å². The lowest BCUT2D eigenvalue weighted by Gasteiger charge is -2.34. The predicted octanol–water partition coefficient (Wildman–Crippen LogP) is 2.09. The summed E-state index contributed by atoms with van der Waals surface area (Å²) in [4.78, 5) is 0. The maximum absolute atomic E-state index is 12.5. The molecule has 1 N–H and O–H groups in total. The minimum Gasteiger partial charge on any atom is -0.497 e. The second kappa shape index (κ2) is 5.74. The molecule has 0 spiro atoms. The lowest BCUT2D eigenvalue weighted by atomic mass is 9.87. The van der Waals surface area contributed by atoms with E-state index in [1.54, 1.807) is 21.0 Å². The van der Waals surface area contributed by atoms with Crippen molar-refractivity contribution in [2.75, 3.05) is 14.2 Å². The fourth-order valence-corrected chi connectivity index (χ4v) is 4.73. The number of hydrogen-bond donors (Lipinski definition) is 1. The zero-order chi connectivity index (χ0) is 14.9. The summed E-state index contributed by atoms with van der Waals surface area (Å²) >= 11 is 0. The van der Waals surface area contributed by atoms with Gasteiger partial charge in [0.05, 0.1) is 17.6 Å². The van der Waals surface area contributed by atoms with Crippen LogP contribution in [-0.4, -0.2) is 33.1 Å². The van der Waals surface area contributed by atoms with Crippen LogP contribution in [0.3, 0.4) is 0 Å². The van der Waals surface area contributed by atoms with E-state index in [0.717, 1.165) is 17.7 Å². The van der Waals surface area contributed by atoms with Crippen LogP contribution in [0.5, 0.6) is 5.75 Å². The smallest absolute Gasteiger partial charge is 0.157 e. The van der Waals surface area contributed by atoms with Crippen LogP contribution in [0.25, 0.3) is 0 Å². The Morgan fingerprint density at radius 1 is 1.35 bits per heavy atom. The Hall–Kier alpha value is -1.07. The van der Waals surface area contributed by atoms with Crippen LogP contribution in [0.4, 0.5) is 0 Å². The number of nitrogens with one attached hydrogen (secondary N) is 1. The van der Waals surface area contributed by atoms with Crippen molar-refractivity contribution in [3.05, 3.63) is 29.3 Å². The molecule has 1 aromatic carbocycles. The molecule has 1 aliphatic carbocycles. The summed E-state index contributed by atoms with van der Waals surface area (Å²) in [7, 11) is 0.321. The van der Waals surface area contributed by atoms with E-state index in [1.807, 2.05) is 25.2 Å². The minimum atomic E-state index is -3.13. The molecule has 0 aliphatic heterocycles. The number of aryl methyl sites for hydroxylation is 1. The topological polar surface area (TPSA) is 55.4 Å². The molecular weight excluding hydrogens is 274 g/mol. The molecular formula is C15H23NO3S. The van der Waals surface area contributed by atoms with E-state index < -0.39 is 9.84 Å². The third-order valence-corrected chi connectivity index (χ3v) is 6.81. The highest BCUT2D eigenvalue weighted by Gasteiger charge is 2.39. The number of methoxy groups -OCH3 is 1. The normalized spacial score (nSPS) is 22.6. The summed E-state index contributed by atoms with van der Waals surface area (Å²) in [6.45, 7) is 3.51. The Labute approximate surface area is 121 Å². The van der Waals surface area contributed by atoms with Crippen molar-refractivity contribution in [2.45, 2.75) is 43.2 Å². The maximum atomic E-state index is 12.5. The molecule has 0 bridgehead atoms. The molecule has 2 unspecified atom stereocenters. The molecule has 0 heterocycles. The molecule has 0 saturated heterocycles. The average Bonchev–Trinajstić information content (AvgIpc) is 2.44. The summed E-state index contributed by atoms with van der Waals surface area (Å²) in [5.74, 6) is 0.770. The third kappa shape index (κ3) is 2.56. The molecule has 0 saturated carbocycles. The molecule has 20 heavy (non-hydrogen) atoms. The monoisotopic (exact) mass is 297 g/mol. The van der Waals surface area contributed by atoms with Crippen molar-refractivity contribution in [3.8, 4) is 5.75 Å². The molecule has 1 aliphatic rings. The van der Waals surface area contributed by atoms with Gasteiger partial charge >= 0.3 is 0 Å². The van der Waals surface area contributed by atoms with Gasteiger partial charge in [-0.15, -0.1) is 0 Å². The van der Waals surface area contributed by atoms with Crippen LogP contribution in [0.2, 0.25) is 0 Å². The van der Waals surface area contributed by atoms with E-state index >= 15 is 0 Å². The van der Waals surface area contributed by atoms with Crippen LogP contribution in [0.1, 0.15) is 37.4 Å². The maximum Gasteiger partial charge on any atom is 0.157 e. The second-order valence-electron chi connectivity index (χ2n) is 5.55. The number of hydrogen-bond acceptors (Lipinski definition) is 4. The number of benzene rings is 1. The number of sulfone groups is 1. The van der Waals surface area contributed by atoms with Gasteiger partial charge in [0.15, 0.2) is 9.84 Å². The van der Waals surface area contributed by atoms with E-state index in [2.05, 4.69) is 5.32 Å². The molecule has 112 valence electrons. The lowest BCUT2D eigenvalue weighted by Crippen LogP contribution is -2.42. The first-order valence-corrected chi connectivity index (χ1v) is 8.59. The Kier molecular flexibility index (Phi) is 4.39. The van der Waals surface area contributed by atoms with Gasteiger partial charge in [0.25, 0.3) is 0 Å². The van der Waals surface area contributed by atoms with Gasteiger partial charge in [-0.2, -0.15) is 0 Å². The van der Waals surface area contributed by atoms with E-state index in [0.29, 0.717) is 6.42 Å². The van der Waals surface area contributed by atoms with E-state index in [-0.39, 0.29) is 16.5 Å². The van der Waals surface area contributed by atoms with Crippen molar-refractivity contribution < 1.29 is 13.2 Å². The van der Waals surface area contributed by atoms with Gasteiger partial charge < -0.3 is 10.1 Å². The molecule has 0 amide bonds. The number of rotatable bonds is 4. The molecule has 2 atom stereocenters. The first-order valence-electron chi connectivity index (χ1n) is 6.98. The third-order valence-electron chi connectivity index (χ3n) is 4.15. The van der Waals surface area contributed by atoms with Crippen molar-refractivity contribution >= 4 is 9.84 Å². The zero-order valence-corrected chi connectivity index (χ0v) is 13.3. The number of fused-ring (bicyclic) bond motifs is 1. The van der Waals surface area contributed by atoms with Crippen molar-refractivity contribution in [1.29, 1.82) is 0 Å². The van der Waals surface area contributed by atoms with Crippen molar-refractivity contribution in [2.24, 2.45) is 0 Å². The average molecular weight is 297 g/mol. The van der Waals surface area contributed by atoms with Gasteiger partial charge in [-0.3, -0.25) is 0 Å². The summed E-state index contributed by atoms with van der Waals surface area (Å²) < 4.78 is 30.4. The quantitative estimate of drug-likeness (QED) is 0.924. The van der Waals surface area contributed by atoms with Gasteiger partial charge in [0.2, 0.25) is 0 Å². The highest BCUT2D eigenvalue weighted by molar-refractivity contribution is 7.92. The summed E-state index contributed by atoms with van der Waals surface area (Å²) in [5.41, 5.74) is 2.26. The van der Waals surface area contributed by atoms with E-state index in [4.69, 9.17) is 4.74 Å². The Morgan fingerprint density at radius 2 is 2.05 bits per heavy atom. The zero-order valence-electron chi connectivity index (χ0n) is 12.5. The van der Waals surface area contributed by atoms with E-state index in [1.165, 1.54) is 5.56 Å². The first-order chi connectivity index (χ1) is 9.41. The van der Waals surface area contributed by atoms with E-state index in [9.17, 15) is 8.42 Å². The first kappa shape index (κ1) is 15.3. The van der Waals surface area contributed by atoms with Crippen molar-refractivity contribution in [1.82, 2.24) is 5.32 Å². The minimum absolute atomic E-state index is 0.166. The Bertz CT molecular complexity index is 581. The number of ether oxygens (including phenoxy) is 1.